The van der Waals surface area contributed by atoms with Crippen LogP contribution in [0.4, 0.5) is 10.1 Å². The first kappa shape index (κ1) is 20.3. The van der Waals surface area contributed by atoms with E-state index in [9.17, 15) is 12.8 Å². The molecule has 28 heavy (non-hydrogen) atoms. The van der Waals surface area contributed by atoms with Gasteiger partial charge in [0.2, 0.25) is 0 Å². The molecule has 0 bridgehead atoms. The van der Waals surface area contributed by atoms with Crippen molar-refractivity contribution in [1.29, 1.82) is 0 Å². The third-order valence-corrected chi connectivity index (χ3v) is 5.66. The first-order valence-corrected chi connectivity index (χ1v) is 10.3. The van der Waals surface area contributed by atoms with Crippen molar-refractivity contribution in [2.24, 2.45) is 4.40 Å². The first-order valence-electron chi connectivity index (χ1n) is 8.14. The zero-order valence-electron chi connectivity index (χ0n) is 14.7. The Labute approximate surface area is 172 Å². The summed E-state index contributed by atoms with van der Waals surface area (Å²) in [6.45, 7) is 1.86. The van der Waals surface area contributed by atoms with E-state index < -0.39 is 15.8 Å². The van der Waals surface area contributed by atoms with Crippen LogP contribution in [-0.4, -0.2) is 14.3 Å². The van der Waals surface area contributed by atoms with Gasteiger partial charge in [-0.1, -0.05) is 40.9 Å². The maximum absolute atomic E-state index is 13.4. The first-order chi connectivity index (χ1) is 13.2. The van der Waals surface area contributed by atoms with Gasteiger partial charge >= 0.3 is 0 Å². The highest BCUT2D eigenvalue weighted by atomic mass is 35.5. The number of aryl methyl sites for hydroxylation is 1. The predicted molar refractivity (Wildman–Crippen MR) is 111 cm³/mol. The van der Waals surface area contributed by atoms with Crippen molar-refractivity contribution in [3.8, 4) is 0 Å². The molecule has 0 aliphatic heterocycles. The maximum atomic E-state index is 13.4. The third-order valence-electron chi connectivity index (χ3n) is 3.83. The summed E-state index contributed by atoms with van der Waals surface area (Å²) in [6.07, 6.45) is 0. The number of anilines is 1. The Bertz CT molecular complexity index is 1130. The average molecular weight is 437 g/mol. The normalized spacial score (nSPS) is 12.1. The lowest BCUT2D eigenvalue weighted by molar-refractivity contribution is 0.598. The highest BCUT2D eigenvalue weighted by Crippen LogP contribution is 2.22. The summed E-state index contributed by atoms with van der Waals surface area (Å²) in [5, 5.41) is 3.30. The number of hydrogen-bond acceptors (Lipinski definition) is 2. The second-order valence-electron chi connectivity index (χ2n) is 5.99. The molecule has 0 aliphatic rings. The van der Waals surface area contributed by atoms with Crippen LogP contribution in [0.1, 0.15) is 11.1 Å². The van der Waals surface area contributed by atoms with E-state index in [4.69, 9.17) is 23.2 Å². The molecule has 3 aromatic carbocycles. The number of amidine groups is 1. The minimum absolute atomic E-state index is 0.0555. The fourth-order valence-corrected chi connectivity index (χ4v) is 3.63. The fraction of sp³-hybridized carbons (Fsp3) is 0.0500. The largest absolute Gasteiger partial charge is 0.339 e. The Morgan fingerprint density at radius 1 is 0.964 bits per heavy atom. The van der Waals surface area contributed by atoms with Crippen LogP contribution >= 0.6 is 23.2 Å². The molecule has 3 rings (SSSR count). The summed E-state index contributed by atoms with van der Waals surface area (Å²) in [4.78, 5) is 0.0588. The van der Waals surface area contributed by atoms with Crippen LogP contribution in [0.2, 0.25) is 10.0 Å². The lowest BCUT2D eigenvalue weighted by Gasteiger charge is -2.11. The summed E-state index contributed by atoms with van der Waals surface area (Å²) in [7, 11) is -3.99. The summed E-state index contributed by atoms with van der Waals surface area (Å²) in [5.41, 5.74) is 1.81. The van der Waals surface area contributed by atoms with Gasteiger partial charge < -0.3 is 5.32 Å². The van der Waals surface area contributed by atoms with E-state index in [-0.39, 0.29) is 15.8 Å². The fourth-order valence-electron chi connectivity index (χ4n) is 2.35. The Balaban J connectivity index is 2.06. The minimum Gasteiger partial charge on any atom is -0.339 e. The number of hydrogen-bond donors (Lipinski definition) is 1. The third kappa shape index (κ3) is 4.90. The van der Waals surface area contributed by atoms with Gasteiger partial charge in [0.25, 0.3) is 10.0 Å². The number of nitrogens with one attached hydrogen (secondary N) is 1. The highest BCUT2D eigenvalue weighted by molar-refractivity contribution is 7.90. The molecule has 0 radical (unpaired) electrons. The molecule has 0 heterocycles. The molecular formula is C20H15Cl2FN2O2S. The molecule has 0 spiro atoms. The van der Waals surface area contributed by atoms with Gasteiger partial charge in [0, 0.05) is 16.3 Å². The van der Waals surface area contributed by atoms with Crippen molar-refractivity contribution in [3.63, 3.8) is 0 Å². The molecule has 0 atom stereocenters. The number of rotatable bonds is 4. The van der Waals surface area contributed by atoms with Gasteiger partial charge in [0.1, 0.15) is 5.82 Å². The van der Waals surface area contributed by atoms with Gasteiger partial charge in [-0.3, -0.25) is 0 Å². The number of benzene rings is 3. The van der Waals surface area contributed by atoms with Crippen molar-refractivity contribution in [2.75, 3.05) is 5.32 Å². The Morgan fingerprint density at radius 3 is 2.21 bits per heavy atom. The molecule has 1 N–H and O–H groups in total. The van der Waals surface area contributed by atoms with E-state index in [0.717, 1.165) is 5.56 Å². The Hall–Kier alpha value is -2.41. The van der Waals surface area contributed by atoms with E-state index in [2.05, 4.69) is 9.71 Å². The van der Waals surface area contributed by atoms with Crippen molar-refractivity contribution < 1.29 is 12.8 Å². The molecule has 144 valence electrons. The SMILES string of the molecule is Cc1ccc(S(=O)(=O)/N=C(\Nc2ccc(F)c(Cl)c2)c2ccc(Cl)cc2)cc1. The molecule has 0 unspecified atom stereocenters. The van der Waals surface area contributed by atoms with Gasteiger partial charge in [-0.25, -0.2) is 4.39 Å². The van der Waals surface area contributed by atoms with Crippen LogP contribution in [0.3, 0.4) is 0 Å². The minimum atomic E-state index is -3.99. The smallest absolute Gasteiger partial charge is 0.284 e. The molecule has 8 heteroatoms. The summed E-state index contributed by atoms with van der Waals surface area (Å²) in [6, 6.07) is 16.8. The molecule has 0 saturated carbocycles. The molecule has 0 fully saturated rings. The van der Waals surface area contributed by atoms with Gasteiger partial charge in [-0.2, -0.15) is 8.42 Å². The Kier molecular flexibility index (Phi) is 6.03. The van der Waals surface area contributed by atoms with E-state index in [0.29, 0.717) is 16.3 Å². The van der Waals surface area contributed by atoms with E-state index >= 15 is 0 Å². The molecule has 4 nitrogen and oxygen atoms in total. The van der Waals surface area contributed by atoms with Gasteiger partial charge in [0.15, 0.2) is 5.84 Å². The van der Waals surface area contributed by atoms with E-state index in [1.165, 1.54) is 30.3 Å². The van der Waals surface area contributed by atoms with E-state index in [1.807, 2.05) is 6.92 Å². The average Bonchev–Trinajstić information content (AvgIpc) is 2.65. The molecule has 0 amide bonds. The quantitative estimate of drug-likeness (QED) is 0.422. The lowest BCUT2D eigenvalue weighted by Crippen LogP contribution is -2.16. The number of halogens is 3. The molecule has 0 aromatic heterocycles. The summed E-state index contributed by atoms with van der Waals surface area (Å²) in [5.74, 6) is -0.524. The molecule has 3 aromatic rings. The van der Waals surface area contributed by atoms with Crippen molar-refractivity contribution >= 4 is 44.7 Å². The molecule has 0 aliphatic carbocycles. The number of nitrogens with zero attached hydrogens (tertiary/aromatic N) is 1. The predicted octanol–water partition coefficient (Wildman–Crippen LogP) is 5.69. The monoisotopic (exact) mass is 436 g/mol. The standard InChI is InChI=1S/C20H15Cl2FN2O2S/c1-13-2-9-17(10-3-13)28(26,27)25-20(14-4-6-15(21)7-5-14)24-16-8-11-19(23)18(22)12-16/h2-12H,1H3,(H,24,25). The van der Waals surface area contributed by atoms with Gasteiger partial charge in [-0.05, 0) is 61.5 Å². The van der Waals surface area contributed by atoms with Crippen LogP contribution < -0.4 is 5.32 Å². The summed E-state index contributed by atoms with van der Waals surface area (Å²) >= 11 is 11.7. The van der Waals surface area contributed by atoms with Gasteiger partial charge in [-0.15, -0.1) is 4.40 Å². The molecular weight excluding hydrogens is 422 g/mol. The van der Waals surface area contributed by atoms with Crippen LogP contribution in [0, 0.1) is 12.7 Å². The van der Waals surface area contributed by atoms with Crippen LogP contribution in [-0.2, 0) is 10.0 Å². The topological polar surface area (TPSA) is 58.5 Å². The zero-order valence-corrected chi connectivity index (χ0v) is 17.0. The van der Waals surface area contributed by atoms with Crippen LogP contribution in [0.15, 0.2) is 76.0 Å². The van der Waals surface area contributed by atoms with E-state index in [1.54, 1.807) is 36.4 Å². The van der Waals surface area contributed by atoms with Crippen molar-refractivity contribution in [3.05, 3.63) is 93.7 Å². The van der Waals surface area contributed by atoms with Crippen LogP contribution in [0.25, 0.3) is 0 Å². The van der Waals surface area contributed by atoms with Crippen molar-refractivity contribution in [1.82, 2.24) is 0 Å². The zero-order chi connectivity index (χ0) is 20.3. The van der Waals surface area contributed by atoms with Crippen molar-refractivity contribution in [2.45, 2.75) is 11.8 Å². The lowest BCUT2D eigenvalue weighted by atomic mass is 10.2. The second kappa shape index (κ2) is 8.31. The highest BCUT2D eigenvalue weighted by Gasteiger charge is 2.16. The van der Waals surface area contributed by atoms with Gasteiger partial charge in [0.05, 0.1) is 9.92 Å². The maximum Gasteiger partial charge on any atom is 0.284 e. The summed E-state index contributed by atoms with van der Waals surface area (Å²) < 4.78 is 42.9. The Morgan fingerprint density at radius 2 is 1.61 bits per heavy atom. The molecule has 0 saturated heterocycles. The second-order valence-corrected chi connectivity index (χ2v) is 8.44. The van der Waals surface area contributed by atoms with Crippen LogP contribution in [0.5, 0.6) is 0 Å². The number of sulfonamides is 1.